The van der Waals surface area contributed by atoms with Gasteiger partial charge in [0.25, 0.3) is 11.8 Å². The second-order valence-electron chi connectivity index (χ2n) is 8.70. The molecule has 0 aliphatic heterocycles. The number of amides is 2. The molecular formula is C20H28N2O5S. The van der Waals surface area contributed by atoms with Crippen molar-refractivity contribution in [2.45, 2.75) is 58.9 Å². The van der Waals surface area contributed by atoms with Gasteiger partial charge in [-0.05, 0) is 49.0 Å². The minimum atomic E-state index is -1.13. The highest BCUT2D eigenvalue weighted by atomic mass is 32.1. The lowest BCUT2D eigenvalue weighted by atomic mass is 9.72. The third kappa shape index (κ3) is 5.11. The molecule has 3 rings (SSSR count). The monoisotopic (exact) mass is 408 g/mol. The van der Waals surface area contributed by atoms with Crippen LogP contribution in [0.15, 0.2) is 0 Å². The topological polar surface area (TPSA) is 105 Å². The van der Waals surface area contributed by atoms with Crippen molar-refractivity contribution in [2.24, 2.45) is 11.3 Å². The van der Waals surface area contributed by atoms with Gasteiger partial charge in [0.2, 0.25) is 0 Å². The fourth-order valence-corrected chi connectivity index (χ4v) is 4.87. The summed E-state index contributed by atoms with van der Waals surface area (Å²) in [6.07, 6.45) is 4.74. The molecule has 7 nitrogen and oxygen atoms in total. The number of thiophene rings is 1. The molecule has 154 valence electrons. The molecule has 0 radical (unpaired) electrons. The first kappa shape index (κ1) is 20.8. The second kappa shape index (κ2) is 8.21. The lowest BCUT2D eigenvalue weighted by Crippen LogP contribution is -2.30. The number of anilines is 1. The first-order chi connectivity index (χ1) is 13.1. The minimum absolute atomic E-state index is 0.129. The molecular weight excluding hydrogens is 380 g/mol. The van der Waals surface area contributed by atoms with E-state index in [4.69, 9.17) is 9.84 Å². The zero-order valence-electron chi connectivity index (χ0n) is 16.6. The predicted molar refractivity (Wildman–Crippen MR) is 107 cm³/mol. The summed E-state index contributed by atoms with van der Waals surface area (Å²) in [5.74, 6) is -1.18. The van der Waals surface area contributed by atoms with E-state index in [9.17, 15) is 14.4 Å². The summed E-state index contributed by atoms with van der Waals surface area (Å²) in [7, 11) is 0. The molecule has 1 aromatic heterocycles. The van der Waals surface area contributed by atoms with Gasteiger partial charge in [0.15, 0.2) is 0 Å². The van der Waals surface area contributed by atoms with Gasteiger partial charge < -0.3 is 20.5 Å². The van der Waals surface area contributed by atoms with Crippen LogP contribution in [0.4, 0.5) is 5.00 Å². The van der Waals surface area contributed by atoms with Crippen molar-refractivity contribution in [3.63, 3.8) is 0 Å². The number of carboxylic acids is 1. The number of aliphatic carboxylic acids is 1. The molecule has 8 heteroatoms. The average Bonchev–Trinajstić information content (AvgIpc) is 3.31. The maximum atomic E-state index is 12.8. The Hall–Kier alpha value is -1.93. The highest BCUT2D eigenvalue weighted by Gasteiger charge is 2.35. The molecule has 2 aliphatic rings. The van der Waals surface area contributed by atoms with E-state index in [-0.39, 0.29) is 24.0 Å². The van der Waals surface area contributed by atoms with Crippen LogP contribution in [0.3, 0.4) is 0 Å². The summed E-state index contributed by atoms with van der Waals surface area (Å²) in [6.45, 7) is 5.82. The smallest absolute Gasteiger partial charge is 0.329 e. The second-order valence-corrected chi connectivity index (χ2v) is 9.80. The average molecular weight is 409 g/mol. The first-order valence-electron chi connectivity index (χ1n) is 9.70. The summed E-state index contributed by atoms with van der Waals surface area (Å²) in [5.41, 5.74) is 1.81. The van der Waals surface area contributed by atoms with E-state index in [1.165, 1.54) is 11.3 Å². The van der Waals surface area contributed by atoms with Crippen molar-refractivity contribution in [1.29, 1.82) is 0 Å². The van der Waals surface area contributed by atoms with E-state index in [0.717, 1.165) is 42.5 Å². The van der Waals surface area contributed by atoms with Crippen molar-refractivity contribution in [2.75, 3.05) is 18.5 Å². The molecule has 2 aliphatic carbocycles. The van der Waals surface area contributed by atoms with Crippen molar-refractivity contribution in [3.05, 3.63) is 16.0 Å². The largest absolute Gasteiger partial charge is 0.480 e. The normalized spacial score (nSPS) is 19.0. The van der Waals surface area contributed by atoms with Gasteiger partial charge in [-0.25, -0.2) is 4.79 Å². The zero-order valence-corrected chi connectivity index (χ0v) is 17.4. The first-order valence-corrected chi connectivity index (χ1v) is 10.5. The SMILES string of the molecule is CC(C)(C)[C@H]1CCc2c(sc(NC(=O)COCC(=O)O)c2C(=O)NC2CC2)C1. The minimum Gasteiger partial charge on any atom is -0.480 e. The highest BCUT2D eigenvalue weighted by molar-refractivity contribution is 7.17. The summed E-state index contributed by atoms with van der Waals surface area (Å²) in [6, 6.07) is 0.233. The van der Waals surface area contributed by atoms with Gasteiger partial charge in [0.05, 0.1) is 5.56 Å². The number of hydrogen-bond donors (Lipinski definition) is 3. The van der Waals surface area contributed by atoms with E-state index in [2.05, 4.69) is 31.4 Å². The van der Waals surface area contributed by atoms with E-state index in [0.29, 0.717) is 16.5 Å². The standard InChI is InChI=1S/C20H28N2O5S/c1-20(2,3)11-4-7-13-14(8-11)28-19(17(13)18(26)21-12-5-6-12)22-15(23)9-27-10-16(24)25/h11-12H,4-10H2,1-3H3,(H,21,26)(H,22,23)(H,24,25)/t11-/m0/s1. The van der Waals surface area contributed by atoms with Gasteiger partial charge in [-0.15, -0.1) is 11.3 Å². The summed E-state index contributed by atoms with van der Waals surface area (Å²) in [5, 5.41) is 15.0. The van der Waals surface area contributed by atoms with Gasteiger partial charge in [0.1, 0.15) is 18.2 Å². The number of carboxylic acid groups (broad SMARTS) is 1. The third-order valence-electron chi connectivity index (χ3n) is 5.34. The molecule has 1 aromatic rings. The Balaban J connectivity index is 1.79. The van der Waals surface area contributed by atoms with Crippen molar-refractivity contribution >= 4 is 34.1 Å². The van der Waals surface area contributed by atoms with E-state index < -0.39 is 18.5 Å². The molecule has 3 N–H and O–H groups in total. The number of nitrogens with one attached hydrogen (secondary N) is 2. The van der Waals surface area contributed by atoms with Crippen LogP contribution in [0.25, 0.3) is 0 Å². The lowest BCUT2D eigenvalue weighted by molar-refractivity contribution is -0.143. The summed E-state index contributed by atoms with van der Waals surface area (Å²) < 4.78 is 4.86. The van der Waals surface area contributed by atoms with Crippen LogP contribution in [-0.4, -0.2) is 42.1 Å². The van der Waals surface area contributed by atoms with Crippen molar-refractivity contribution in [1.82, 2.24) is 5.32 Å². The fraction of sp³-hybridized carbons (Fsp3) is 0.650. The molecule has 0 saturated heterocycles. The molecule has 0 spiro atoms. The quantitative estimate of drug-likeness (QED) is 0.643. The Kier molecular flexibility index (Phi) is 6.09. The number of carbonyl (C=O) groups excluding carboxylic acids is 2. The van der Waals surface area contributed by atoms with Gasteiger partial charge in [-0.2, -0.15) is 0 Å². The van der Waals surface area contributed by atoms with Crippen LogP contribution in [-0.2, 0) is 27.2 Å². The molecule has 1 atom stereocenters. The van der Waals surface area contributed by atoms with E-state index in [1.54, 1.807) is 0 Å². The van der Waals surface area contributed by atoms with E-state index in [1.807, 2.05) is 0 Å². The van der Waals surface area contributed by atoms with Crippen LogP contribution >= 0.6 is 11.3 Å². The Morgan fingerprint density at radius 3 is 2.50 bits per heavy atom. The number of rotatable bonds is 7. The van der Waals surface area contributed by atoms with Gasteiger partial charge in [-0.3, -0.25) is 9.59 Å². The molecule has 1 saturated carbocycles. The predicted octanol–water partition coefficient (Wildman–Crippen LogP) is 2.83. The highest BCUT2D eigenvalue weighted by Crippen LogP contribution is 2.44. The molecule has 28 heavy (non-hydrogen) atoms. The zero-order chi connectivity index (χ0) is 20.5. The van der Waals surface area contributed by atoms with Gasteiger partial charge in [-0.1, -0.05) is 20.8 Å². The number of hydrogen-bond acceptors (Lipinski definition) is 5. The molecule has 1 fully saturated rings. The van der Waals surface area contributed by atoms with Crippen LogP contribution in [0.2, 0.25) is 0 Å². The van der Waals surface area contributed by atoms with Crippen LogP contribution in [0.1, 0.15) is 60.8 Å². The van der Waals surface area contributed by atoms with Crippen LogP contribution < -0.4 is 10.6 Å². The Morgan fingerprint density at radius 2 is 1.89 bits per heavy atom. The maximum Gasteiger partial charge on any atom is 0.329 e. The Morgan fingerprint density at radius 1 is 1.18 bits per heavy atom. The van der Waals surface area contributed by atoms with Gasteiger partial charge >= 0.3 is 5.97 Å². The summed E-state index contributed by atoms with van der Waals surface area (Å²) >= 11 is 1.46. The Labute approximate surface area is 168 Å². The fourth-order valence-electron chi connectivity index (χ4n) is 3.53. The molecule has 0 aromatic carbocycles. The third-order valence-corrected chi connectivity index (χ3v) is 6.51. The van der Waals surface area contributed by atoms with Crippen LogP contribution in [0.5, 0.6) is 0 Å². The Bertz CT molecular complexity index is 776. The number of ether oxygens (including phenoxy) is 1. The maximum absolute atomic E-state index is 12.8. The van der Waals surface area contributed by atoms with E-state index >= 15 is 0 Å². The molecule has 2 amide bonds. The molecule has 0 bridgehead atoms. The van der Waals surface area contributed by atoms with Crippen LogP contribution in [0, 0.1) is 11.3 Å². The molecule has 1 heterocycles. The molecule has 0 unspecified atom stereocenters. The van der Waals surface area contributed by atoms with Gasteiger partial charge in [0, 0.05) is 10.9 Å². The van der Waals surface area contributed by atoms with Crippen molar-refractivity contribution in [3.8, 4) is 0 Å². The number of fused-ring (bicyclic) bond motifs is 1. The van der Waals surface area contributed by atoms with Crippen molar-refractivity contribution < 1.29 is 24.2 Å². The number of carbonyl (C=O) groups is 3. The lowest BCUT2D eigenvalue weighted by Gasteiger charge is -2.33. The summed E-state index contributed by atoms with van der Waals surface area (Å²) in [4.78, 5) is 36.7.